The fourth-order valence-electron chi connectivity index (χ4n) is 2.80. The maximum absolute atomic E-state index is 5.46. The number of benzene rings is 1. The van der Waals surface area contributed by atoms with Crippen LogP contribution in [0.4, 0.5) is 5.95 Å². The molecule has 0 atom stereocenters. The number of hydrogen-bond acceptors (Lipinski definition) is 7. The van der Waals surface area contributed by atoms with Gasteiger partial charge in [-0.05, 0) is 25.1 Å². The molecule has 0 spiro atoms. The second-order valence-corrected chi connectivity index (χ2v) is 6.54. The van der Waals surface area contributed by atoms with Crippen molar-refractivity contribution in [3.8, 4) is 11.5 Å². The first kappa shape index (κ1) is 17.9. The van der Waals surface area contributed by atoms with E-state index >= 15 is 0 Å². The lowest BCUT2D eigenvalue weighted by atomic mass is 10.2. The molecular weight excluding hydrogens is 340 g/mol. The Morgan fingerprint density at radius 1 is 1.16 bits per heavy atom. The summed E-state index contributed by atoms with van der Waals surface area (Å²) in [6, 6.07) is 5.83. The number of rotatable bonds is 7. The van der Waals surface area contributed by atoms with Crippen LogP contribution in [0.2, 0.25) is 0 Å². The first-order valence-electron chi connectivity index (χ1n) is 8.36. The molecular formula is C17H24N4O3S. The van der Waals surface area contributed by atoms with Crippen LogP contribution < -0.4 is 14.4 Å². The predicted octanol–water partition coefficient (Wildman–Crippen LogP) is 2.44. The highest BCUT2D eigenvalue weighted by Crippen LogP contribution is 2.31. The Morgan fingerprint density at radius 2 is 1.96 bits per heavy atom. The highest BCUT2D eigenvalue weighted by molar-refractivity contribution is 7.98. The lowest BCUT2D eigenvalue weighted by Gasteiger charge is -2.27. The van der Waals surface area contributed by atoms with Crippen molar-refractivity contribution in [2.45, 2.75) is 24.4 Å². The molecule has 3 rings (SSSR count). The molecule has 0 unspecified atom stereocenters. The van der Waals surface area contributed by atoms with E-state index in [0.717, 1.165) is 66.8 Å². The van der Waals surface area contributed by atoms with Gasteiger partial charge in [0.25, 0.3) is 0 Å². The normalized spacial score (nSPS) is 14.6. The molecule has 25 heavy (non-hydrogen) atoms. The van der Waals surface area contributed by atoms with Crippen molar-refractivity contribution in [3.05, 3.63) is 23.8 Å². The summed E-state index contributed by atoms with van der Waals surface area (Å²) in [5.41, 5.74) is 1.07. The molecule has 0 aliphatic carbocycles. The lowest BCUT2D eigenvalue weighted by molar-refractivity contribution is 0.121. The minimum atomic E-state index is 0.736. The molecule has 7 nitrogen and oxygen atoms in total. The molecule has 1 aromatic carbocycles. The van der Waals surface area contributed by atoms with Gasteiger partial charge in [-0.1, -0.05) is 11.8 Å². The van der Waals surface area contributed by atoms with Crippen LogP contribution in [0.3, 0.4) is 0 Å². The van der Waals surface area contributed by atoms with Gasteiger partial charge in [0, 0.05) is 31.0 Å². The molecule has 1 aromatic heterocycles. The van der Waals surface area contributed by atoms with Gasteiger partial charge in [-0.25, -0.2) is 0 Å². The highest BCUT2D eigenvalue weighted by Gasteiger charge is 2.20. The van der Waals surface area contributed by atoms with E-state index in [4.69, 9.17) is 14.2 Å². The van der Waals surface area contributed by atoms with E-state index in [1.54, 1.807) is 26.0 Å². The molecule has 1 fully saturated rings. The molecule has 2 heterocycles. The van der Waals surface area contributed by atoms with E-state index < -0.39 is 0 Å². The molecule has 0 amide bonds. The van der Waals surface area contributed by atoms with Crippen LogP contribution in [0.5, 0.6) is 11.5 Å². The SMILES string of the molecule is CCn1c(SCc2cc(OC)ccc2OC)nnc1N1CCOCC1. The van der Waals surface area contributed by atoms with Crippen LogP contribution in [0.25, 0.3) is 0 Å². The average Bonchev–Trinajstić information content (AvgIpc) is 3.09. The molecule has 2 aromatic rings. The molecule has 0 radical (unpaired) electrons. The molecule has 1 aliphatic rings. The van der Waals surface area contributed by atoms with Gasteiger partial charge >= 0.3 is 0 Å². The Morgan fingerprint density at radius 3 is 2.64 bits per heavy atom. The second-order valence-electron chi connectivity index (χ2n) is 5.59. The second kappa shape index (κ2) is 8.44. The fraction of sp³-hybridized carbons (Fsp3) is 0.529. The summed E-state index contributed by atoms with van der Waals surface area (Å²) in [7, 11) is 3.35. The van der Waals surface area contributed by atoms with Gasteiger partial charge in [-0.15, -0.1) is 10.2 Å². The van der Waals surface area contributed by atoms with Crippen LogP contribution >= 0.6 is 11.8 Å². The maximum Gasteiger partial charge on any atom is 0.228 e. The Balaban J connectivity index is 1.76. The number of hydrogen-bond donors (Lipinski definition) is 0. The highest BCUT2D eigenvalue weighted by atomic mass is 32.2. The largest absolute Gasteiger partial charge is 0.497 e. The quantitative estimate of drug-likeness (QED) is 0.699. The first-order chi connectivity index (χ1) is 12.3. The Kier molecular flexibility index (Phi) is 6.04. The minimum Gasteiger partial charge on any atom is -0.497 e. The summed E-state index contributed by atoms with van der Waals surface area (Å²) in [6.07, 6.45) is 0. The van der Waals surface area contributed by atoms with Crippen molar-refractivity contribution in [1.82, 2.24) is 14.8 Å². The van der Waals surface area contributed by atoms with Gasteiger partial charge < -0.3 is 19.1 Å². The van der Waals surface area contributed by atoms with E-state index in [9.17, 15) is 0 Å². The third-order valence-electron chi connectivity index (χ3n) is 4.15. The first-order valence-corrected chi connectivity index (χ1v) is 9.35. The van der Waals surface area contributed by atoms with Gasteiger partial charge in [0.2, 0.25) is 5.95 Å². The van der Waals surface area contributed by atoms with Gasteiger partial charge in [0.05, 0.1) is 27.4 Å². The summed E-state index contributed by atoms with van der Waals surface area (Å²) in [4.78, 5) is 2.23. The summed E-state index contributed by atoms with van der Waals surface area (Å²) in [5.74, 6) is 3.33. The van der Waals surface area contributed by atoms with Gasteiger partial charge in [-0.3, -0.25) is 4.57 Å². The minimum absolute atomic E-state index is 0.736. The van der Waals surface area contributed by atoms with Crippen molar-refractivity contribution in [1.29, 1.82) is 0 Å². The zero-order chi connectivity index (χ0) is 17.6. The molecule has 0 N–H and O–H groups in total. The van der Waals surface area contributed by atoms with Crippen LogP contribution in [0.1, 0.15) is 12.5 Å². The van der Waals surface area contributed by atoms with Crippen molar-refractivity contribution in [2.75, 3.05) is 45.4 Å². The lowest BCUT2D eigenvalue weighted by Crippen LogP contribution is -2.38. The van der Waals surface area contributed by atoms with Crippen molar-refractivity contribution in [2.24, 2.45) is 0 Å². The van der Waals surface area contributed by atoms with Crippen LogP contribution in [0.15, 0.2) is 23.4 Å². The standard InChI is InChI=1S/C17H24N4O3S/c1-4-21-16(20-7-9-24-10-8-20)18-19-17(21)25-12-13-11-14(22-2)5-6-15(13)23-3/h5-6,11H,4,7-10,12H2,1-3H3. The average molecular weight is 364 g/mol. The maximum atomic E-state index is 5.46. The number of ether oxygens (including phenoxy) is 3. The molecule has 1 saturated heterocycles. The smallest absolute Gasteiger partial charge is 0.228 e. The topological polar surface area (TPSA) is 61.6 Å². The molecule has 8 heteroatoms. The fourth-order valence-corrected chi connectivity index (χ4v) is 3.77. The summed E-state index contributed by atoms with van der Waals surface area (Å²) >= 11 is 1.65. The van der Waals surface area contributed by atoms with Gasteiger partial charge in [0.1, 0.15) is 11.5 Å². The van der Waals surface area contributed by atoms with E-state index in [-0.39, 0.29) is 0 Å². The number of morpholine rings is 1. The molecule has 1 aliphatic heterocycles. The Hall–Kier alpha value is -1.93. The number of thioether (sulfide) groups is 1. The van der Waals surface area contributed by atoms with Crippen molar-refractivity contribution in [3.63, 3.8) is 0 Å². The van der Waals surface area contributed by atoms with Crippen LogP contribution in [0, 0.1) is 0 Å². The van der Waals surface area contributed by atoms with E-state index in [0.29, 0.717) is 0 Å². The van der Waals surface area contributed by atoms with E-state index in [2.05, 4.69) is 26.6 Å². The number of methoxy groups -OCH3 is 2. The van der Waals surface area contributed by atoms with Crippen LogP contribution in [-0.4, -0.2) is 55.3 Å². The molecule has 136 valence electrons. The van der Waals surface area contributed by atoms with Crippen LogP contribution in [-0.2, 0) is 17.0 Å². The Bertz CT molecular complexity index is 701. The molecule has 0 bridgehead atoms. The predicted molar refractivity (Wildman–Crippen MR) is 97.8 cm³/mol. The van der Waals surface area contributed by atoms with E-state index in [1.807, 2.05) is 18.2 Å². The van der Waals surface area contributed by atoms with Gasteiger partial charge in [-0.2, -0.15) is 0 Å². The van der Waals surface area contributed by atoms with Crippen molar-refractivity contribution < 1.29 is 14.2 Å². The van der Waals surface area contributed by atoms with Crippen molar-refractivity contribution >= 4 is 17.7 Å². The third kappa shape index (κ3) is 4.01. The third-order valence-corrected chi connectivity index (χ3v) is 5.17. The monoisotopic (exact) mass is 364 g/mol. The van der Waals surface area contributed by atoms with E-state index in [1.165, 1.54) is 0 Å². The summed E-state index contributed by atoms with van der Waals surface area (Å²) in [6.45, 7) is 6.12. The number of anilines is 1. The zero-order valence-corrected chi connectivity index (χ0v) is 15.7. The Labute approximate surface area is 152 Å². The van der Waals surface area contributed by atoms with Gasteiger partial charge in [0.15, 0.2) is 5.16 Å². The number of aromatic nitrogens is 3. The zero-order valence-electron chi connectivity index (χ0n) is 14.9. The summed E-state index contributed by atoms with van der Waals surface area (Å²) in [5, 5.41) is 9.71. The molecule has 0 saturated carbocycles. The summed E-state index contributed by atoms with van der Waals surface area (Å²) < 4.78 is 18.4. The number of nitrogens with zero attached hydrogens (tertiary/aromatic N) is 4.